The molecule has 0 aliphatic carbocycles. The fourth-order valence-corrected chi connectivity index (χ4v) is 1.84. The van der Waals surface area contributed by atoms with Gasteiger partial charge in [0.05, 0.1) is 6.57 Å². The van der Waals surface area contributed by atoms with Crippen LogP contribution in [0.15, 0.2) is 60.7 Å². The molecule has 0 aliphatic heterocycles. The first-order valence-electron chi connectivity index (χ1n) is 6.07. The Morgan fingerprint density at radius 1 is 0.944 bits per heavy atom. The number of benzene rings is 2. The first-order chi connectivity index (χ1) is 8.90. The van der Waals surface area contributed by atoms with Crippen molar-refractivity contribution in [3.63, 3.8) is 0 Å². The predicted octanol–water partition coefficient (Wildman–Crippen LogP) is 4.88. The second-order valence-corrected chi connectivity index (χ2v) is 4.10. The van der Waals surface area contributed by atoms with Crippen molar-refractivity contribution in [3.8, 4) is 0 Å². The number of para-hydroxylation sites is 1. The van der Waals surface area contributed by atoms with Gasteiger partial charge in [-0.05, 0) is 24.0 Å². The monoisotopic (exact) mass is 233 g/mol. The molecule has 0 aliphatic rings. The van der Waals surface area contributed by atoms with Crippen LogP contribution in [0.25, 0.3) is 10.9 Å². The van der Waals surface area contributed by atoms with Crippen molar-refractivity contribution in [2.45, 2.75) is 12.8 Å². The van der Waals surface area contributed by atoms with Gasteiger partial charge in [-0.3, -0.25) is 0 Å². The molecule has 0 atom stereocenters. The van der Waals surface area contributed by atoms with Crippen LogP contribution in [-0.4, -0.2) is 0 Å². The highest BCUT2D eigenvalue weighted by molar-refractivity contribution is 5.66. The molecule has 1 nitrogen and oxygen atoms in total. The lowest BCUT2D eigenvalue weighted by molar-refractivity contribution is 1.01. The zero-order valence-electron chi connectivity index (χ0n) is 10.2. The molecule has 0 saturated heterocycles. The first kappa shape index (κ1) is 12.1. The van der Waals surface area contributed by atoms with E-state index in [2.05, 4.69) is 35.2 Å². The molecule has 0 unspecified atom stereocenters. The first-order valence-corrected chi connectivity index (χ1v) is 6.07. The van der Waals surface area contributed by atoms with Gasteiger partial charge in [0.2, 0.25) is 0 Å². The largest absolute Gasteiger partial charge is 0.238 e. The third-order valence-corrected chi connectivity index (χ3v) is 2.80. The van der Waals surface area contributed by atoms with Gasteiger partial charge in [0, 0.05) is 0 Å². The molecule has 2 aromatic rings. The Hall–Kier alpha value is -2.33. The Bertz CT molecular complexity index is 562. The average Bonchev–Trinajstić information content (AvgIpc) is 2.45. The average molecular weight is 233 g/mol. The number of rotatable bonds is 4. The van der Waals surface area contributed by atoms with Gasteiger partial charge in [-0.15, -0.1) is 0 Å². The molecule has 0 fully saturated rings. The molecule has 0 amide bonds. The van der Waals surface area contributed by atoms with Crippen LogP contribution >= 0.6 is 0 Å². The maximum Gasteiger partial charge on any atom is 0.194 e. The van der Waals surface area contributed by atoms with Gasteiger partial charge in [-0.25, -0.2) is 4.85 Å². The number of allylic oxidation sites excluding steroid dienone is 1. The minimum atomic E-state index is 0.716. The normalized spacial score (nSPS) is 10.4. The summed E-state index contributed by atoms with van der Waals surface area (Å²) < 4.78 is 0. The van der Waals surface area contributed by atoms with E-state index in [1.807, 2.05) is 36.4 Å². The van der Waals surface area contributed by atoms with Gasteiger partial charge >= 0.3 is 0 Å². The molecule has 1 heteroatoms. The summed E-state index contributed by atoms with van der Waals surface area (Å²) in [4.78, 5) is 3.51. The summed E-state index contributed by atoms with van der Waals surface area (Å²) in [6.07, 6.45) is 6.21. The molecule has 2 aromatic carbocycles. The van der Waals surface area contributed by atoms with Crippen molar-refractivity contribution >= 4 is 11.8 Å². The van der Waals surface area contributed by atoms with Gasteiger partial charge in [0.15, 0.2) is 5.69 Å². The van der Waals surface area contributed by atoms with Crippen LogP contribution in [0.3, 0.4) is 0 Å². The van der Waals surface area contributed by atoms with Crippen molar-refractivity contribution in [1.82, 2.24) is 0 Å². The summed E-state index contributed by atoms with van der Waals surface area (Å²) in [5.41, 5.74) is 3.06. The van der Waals surface area contributed by atoms with E-state index >= 15 is 0 Å². The van der Waals surface area contributed by atoms with E-state index in [9.17, 15) is 0 Å². The maximum atomic E-state index is 7.09. The highest BCUT2D eigenvalue weighted by atomic mass is 14.6. The molecule has 0 N–H and O–H groups in total. The Morgan fingerprint density at radius 2 is 1.67 bits per heavy atom. The topological polar surface area (TPSA) is 4.36 Å². The second kappa shape index (κ2) is 6.42. The van der Waals surface area contributed by atoms with Crippen LogP contribution in [0.5, 0.6) is 0 Å². The summed E-state index contributed by atoms with van der Waals surface area (Å²) in [5, 5.41) is 0. The lowest BCUT2D eigenvalue weighted by atomic mass is 10.1. The van der Waals surface area contributed by atoms with E-state index < -0.39 is 0 Å². The fourth-order valence-electron chi connectivity index (χ4n) is 1.84. The molecular formula is C17H15N. The summed E-state index contributed by atoms with van der Waals surface area (Å²) in [5.74, 6) is 0. The van der Waals surface area contributed by atoms with Crippen molar-refractivity contribution in [2.24, 2.45) is 0 Å². The van der Waals surface area contributed by atoms with Gasteiger partial charge in [0.25, 0.3) is 0 Å². The van der Waals surface area contributed by atoms with Crippen LogP contribution in [0.2, 0.25) is 0 Å². The van der Waals surface area contributed by atoms with Gasteiger partial charge in [0.1, 0.15) is 0 Å². The Balaban J connectivity index is 1.94. The van der Waals surface area contributed by atoms with Crippen LogP contribution in [0.4, 0.5) is 5.69 Å². The molecule has 0 spiro atoms. The Morgan fingerprint density at radius 3 is 2.44 bits per heavy atom. The lowest BCUT2D eigenvalue weighted by Gasteiger charge is -1.98. The van der Waals surface area contributed by atoms with E-state index in [1.54, 1.807) is 0 Å². The molecule has 0 saturated carbocycles. The predicted molar refractivity (Wildman–Crippen MR) is 76.5 cm³/mol. The highest BCUT2D eigenvalue weighted by Crippen LogP contribution is 2.20. The molecular weight excluding hydrogens is 218 g/mol. The molecule has 0 aromatic heterocycles. The third kappa shape index (κ3) is 3.33. The van der Waals surface area contributed by atoms with E-state index in [0.29, 0.717) is 5.69 Å². The van der Waals surface area contributed by atoms with Gasteiger partial charge in [-0.1, -0.05) is 66.7 Å². The Labute approximate surface area is 108 Å². The lowest BCUT2D eigenvalue weighted by Crippen LogP contribution is -1.81. The van der Waals surface area contributed by atoms with Crippen molar-refractivity contribution in [3.05, 3.63) is 83.2 Å². The third-order valence-electron chi connectivity index (χ3n) is 2.80. The van der Waals surface area contributed by atoms with Crippen molar-refractivity contribution in [1.29, 1.82) is 0 Å². The molecule has 18 heavy (non-hydrogen) atoms. The quantitative estimate of drug-likeness (QED) is 0.663. The Kier molecular flexibility index (Phi) is 4.33. The van der Waals surface area contributed by atoms with Crippen molar-refractivity contribution in [2.75, 3.05) is 0 Å². The van der Waals surface area contributed by atoms with Crippen LogP contribution in [0, 0.1) is 6.57 Å². The van der Waals surface area contributed by atoms with E-state index in [4.69, 9.17) is 6.57 Å². The molecule has 0 heterocycles. The number of aryl methyl sites for hydroxylation is 1. The molecule has 0 radical (unpaired) electrons. The minimum Gasteiger partial charge on any atom is -0.238 e. The van der Waals surface area contributed by atoms with E-state index in [-0.39, 0.29) is 0 Å². The van der Waals surface area contributed by atoms with E-state index in [1.165, 1.54) is 5.56 Å². The number of hydrogen-bond donors (Lipinski definition) is 0. The zero-order chi connectivity index (χ0) is 12.6. The van der Waals surface area contributed by atoms with Crippen LogP contribution < -0.4 is 0 Å². The summed E-state index contributed by atoms with van der Waals surface area (Å²) in [6, 6.07) is 18.1. The fraction of sp³-hybridized carbons (Fsp3) is 0.118. The molecule has 2 rings (SSSR count). The maximum absolute atomic E-state index is 7.09. The van der Waals surface area contributed by atoms with Gasteiger partial charge in [-0.2, -0.15) is 0 Å². The zero-order valence-corrected chi connectivity index (χ0v) is 10.2. The summed E-state index contributed by atoms with van der Waals surface area (Å²) >= 11 is 0. The second-order valence-electron chi connectivity index (χ2n) is 4.10. The summed E-state index contributed by atoms with van der Waals surface area (Å²) in [6.45, 7) is 7.09. The van der Waals surface area contributed by atoms with Crippen molar-refractivity contribution < 1.29 is 0 Å². The highest BCUT2D eigenvalue weighted by Gasteiger charge is 1.95. The van der Waals surface area contributed by atoms with Crippen LogP contribution in [0.1, 0.15) is 17.5 Å². The summed E-state index contributed by atoms with van der Waals surface area (Å²) in [7, 11) is 0. The minimum absolute atomic E-state index is 0.716. The van der Waals surface area contributed by atoms with Crippen LogP contribution in [-0.2, 0) is 6.42 Å². The van der Waals surface area contributed by atoms with E-state index in [0.717, 1.165) is 18.4 Å². The number of nitrogens with zero attached hydrogens (tertiary/aromatic N) is 1. The van der Waals surface area contributed by atoms with Gasteiger partial charge < -0.3 is 0 Å². The molecule has 88 valence electrons. The number of hydrogen-bond acceptors (Lipinski definition) is 0. The SMILES string of the molecule is [C-]#[N+]c1ccccc1/C=C/CCc1ccccc1. The smallest absolute Gasteiger partial charge is 0.194 e. The molecule has 0 bridgehead atoms. The standard InChI is InChI=1S/C17H15N/c1-18-17-14-8-7-13-16(17)12-6-5-11-15-9-3-2-4-10-15/h2-4,6-10,12-14H,5,11H2/b12-6+.